The predicted molar refractivity (Wildman–Crippen MR) is 105 cm³/mol. The number of hydrogen-bond donors (Lipinski definition) is 0. The van der Waals surface area contributed by atoms with Crippen LogP contribution in [-0.2, 0) is 14.6 Å². The summed E-state index contributed by atoms with van der Waals surface area (Å²) >= 11 is 0. The molecule has 3 aromatic carbocycles. The minimum Gasteiger partial charge on any atom is -0.454 e. The van der Waals surface area contributed by atoms with Gasteiger partial charge in [0.1, 0.15) is 6.10 Å². The van der Waals surface area contributed by atoms with Crippen LogP contribution < -0.4 is 0 Å². The highest BCUT2D eigenvalue weighted by Crippen LogP contribution is 2.27. The highest BCUT2D eigenvalue weighted by atomic mass is 32.2. The van der Waals surface area contributed by atoms with Crippen molar-refractivity contribution in [3.8, 4) is 0 Å². The first kappa shape index (κ1) is 20.2. The smallest absolute Gasteiger partial charge is 0.340 e. The molecule has 0 fully saturated rings. The fourth-order valence-corrected chi connectivity index (χ4v) is 4.21. The number of ether oxygens (including phenoxy) is 1. The van der Waals surface area contributed by atoms with Crippen molar-refractivity contribution >= 4 is 21.5 Å². The van der Waals surface area contributed by atoms with Crippen LogP contribution in [0.4, 0.5) is 5.69 Å². The normalized spacial score (nSPS) is 12.2. The fraction of sp³-hybridized carbons (Fsp3) is 0.0952. The van der Waals surface area contributed by atoms with Crippen molar-refractivity contribution in [2.24, 2.45) is 0 Å². The van der Waals surface area contributed by atoms with Crippen LogP contribution in [-0.4, -0.2) is 19.3 Å². The summed E-state index contributed by atoms with van der Waals surface area (Å²) in [5.41, 5.74) is 0.443. The van der Waals surface area contributed by atoms with Crippen LogP contribution in [0.5, 0.6) is 0 Å². The Morgan fingerprint density at radius 3 is 2.14 bits per heavy atom. The van der Waals surface area contributed by atoms with E-state index in [1.54, 1.807) is 25.1 Å². The van der Waals surface area contributed by atoms with Crippen molar-refractivity contribution in [3.05, 3.63) is 100 Å². The molecule has 0 aromatic heterocycles. The number of nitrogens with zero attached hydrogens (tertiary/aromatic N) is 1. The number of nitro groups is 1. The van der Waals surface area contributed by atoms with Crippen LogP contribution in [0.3, 0.4) is 0 Å². The van der Waals surface area contributed by atoms with E-state index in [0.29, 0.717) is 0 Å². The first-order chi connectivity index (χ1) is 13.8. The van der Waals surface area contributed by atoms with Crippen LogP contribution in [0.15, 0.2) is 88.7 Å². The molecule has 8 heteroatoms. The summed E-state index contributed by atoms with van der Waals surface area (Å²) in [4.78, 5) is 22.5. The molecule has 7 nitrogen and oxygen atoms in total. The Labute approximate surface area is 167 Å². The van der Waals surface area contributed by atoms with Gasteiger partial charge >= 0.3 is 5.97 Å². The van der Waals surface area contributed by atoms with E-state index in [4.69, 9.17) is 4.74 Å². The lowest BCUT2D eigenvalue weighted by atomic mass is 10.1. The Morgan fingerprint density at radius 2 is 1.52 bits per heavy atom. The van der Waals surface area contributed by atoms with Crippen LogP contribution in [0, 0.1) is 10.1 Å². The molecule has 0 N–H and O–H groups in total. The van der Waals surface area contributed by atoms with Crippen LogP contribution in [0.25, 0.3) is 0 Å². The van der Waals surface area contributed by atoms with Crippen molar-refractivity contribution in [1.82, 2.24) is 0 Å². The summed E-state index contributed by atoms with van der Waals surface area (Å²) in [5.74, 6) is -0.776. The van der Waals surface area contributed by atoms with Crippen LogP contribution in [0.2, 0.25) is 0 Å². The van der Waals surface area contributed by atoms with Crippen molar-refractivity contribution < 1.29 is 22.9 Å². The average Bonchev–Trinajstić information content (AvgIpc) is 2.74. The lowest BCUT2D eigenvalue weighted by Crippen LogP contribution is -2.14. The molecule has 3 rings (SSSR count). The first-order valence-corrected chi connectivity index (χ1v) is 10.1. The van der Waals surface area contributed by atoms with Gasteiger partial charge in [0.25, 0.3) is 5.69 Å². The largest absolute Gasteiger partial charge is 0.454 e. The van der Waals surface area contributed by atoms with Gasteiger partial charge in [-0.2, -0.15) is 0 Å². The summed E-state index contributed by atoms with van der Waals surface area (Å²) in [6.07, 6.45) is -0.571. The first-order valence-electron chi connectivity index (χ1n) is 8.65. The minimum absolute atomic E-state index is 0.103. The fourth-order valence-electron chi connectivity index (χ4n) is 2.76. The second kappa shape index (κ2) is 8.24. The van der Waals surface area contributed by atoms with Crippen LogP contribution in [0.1, 0.15) is 28.9 Å². The summed E-state index contributed by atoms with van der Waals surface area (Å²) in [5, 5.41) is 10.8. The molecule has 0 bridgehead atoms. The predicted octanol–water partition coefficient (Wildman–Crippen LogP) is 4.35. The van der Waals surface area contributed by atoms with Gasteiger partial charge in [-0.3, -0.25) is 10.1 Å². The molecule has 0 saturated carbocycles. The van der Waals surface area contributed by atoms with Gasteiger partial charge in [-0.05, 0) is 36.8 Å². The topological polar surface area (TPSA) is 104 Å². The number of carbonyl (C=O) groups excluding carboxylic acids is 1. The van der Waals surface area contributed by atoms with Crippen molar-refractivity contribution in [1.29, 1.82) is 0 Å². The van der Waals surface area contributed by atoms with E-state index in [9.17, 15) is 23.3 Å². The van der Waals surface area contributed by atoms with Gasteiger partial charge in [-0.25, -0.2) is 13.2 Å². The number of sulfone groups is 1. The second-order valence-corrected chi connectivity index (χ2v) is 8.13. The molecule has 0 aliphatic rings. The molecular weight excluding hydrogens is 394 g/mol. The van der Waals surface area contributed by atoms with Gasteiger partial charge in [-0.15, -0.1) is 0 Å². The molecular formula is C21H17NO6S. The molecule has 0 aliphatic carbocycles. The van der Waals surface area contributed by atoms with E-state index in [1.165, 1.54) is 18.2 Å². The third-order valence-corrected chi connectivity index (χ3v) is 6.13. The van der Waals surface area contributed by atoms with Crippen molar-refractivity contribution in [2.75, 3.05) is 0 Å². The SMILES string of the molecule is C[C@H](OC(=O)c1ccccc1S(=O)(=O)c1ccc([N+](=O)[O-])cc1)c1ccccc1. The molecule has 29 heavy (non-hydrogen) atoms. The summed E-state index contributed by atoms with van der Waals surface area (Å²) < 4.78 is 31.5. The zero-order valence-corrected chi connectivity index (χ0v) is 16.2. The quantitative estimate of drug-likeness (QED) is 0.339. The number of hydrogen-bond acceptors (Lipinski definition) is 6. The van der Waals surface area contributed by atoms with Gasteiger partial charge < -0.3 is 4.74 Å². The maximum Gasteiger partial charge on any atom is 0.340 e. The number of nitro benzene ring substituents is 1. The Morgan fingerprint density at radius 1 is 0.931 bits per heavy atom. The average molecular weight is 411 g/mol. The minimum atomic E-state index is -4.08. The second-order valence-electron chi connectivity index (χ2n) is 6.21. The van der Waals surface area contributed by atoms with E-state index in [1.807, 2.05) is 18.2 Å². The number of non-ortho nitro benzene ring substituents is 1. The highest BCUT2D eigenvalue weighted by Gasteiger charge is 2.26. The molecule has 0 unspecified atom stereocenters. The zero-order valence-electron chi connectivity index (χ0n) is 15.4. The van der Waals surface area contributed by atoms with E-state index in [-0.39, 0.29) is 21.0 Å². The van der Waals surface area contributed by atoms with Crippen molar-refractivity contribution in [3.63, 3.8) is 0 Å². The molecule has 0 radical (unpaired) electrons. The van der Waals surface area contributed by atoms with E-state index in [0.717, 1.165) is 29.8 Å². The maximum atomic E-state index is 13.0. The Balaban J connectivity index is 1.93. The standard InChI is InChI=1S/C21H17NO6S/c1-15(16-7-3-2-4-8-16)28-21(23)19-9-5-6-10-20(19)29(26,27)18-13-11-17(12-14-18)22(24)25/h2-15H,1H3/t15-/m0/s1. The van der Waals surface area contributed by atoms with E-state index >= 15 is 0 Å². The number of rotatable bonds is 6. The highest BCUT2D eigenvalue weighted by molar-refractivity contribution is 7.91. The molecule has 0 aliphatic heterocycles. The van der Waals surface area contributed by atoms with E-state index < -0.39 is 26.8 Å². The number of benzene rings is 3. The summed E-state index contributed by atoms with van der Waals surface area (Å²) in [7, 11) is -4.08. The Hall–Kier alpha value is -3.52. The lowest BCUT2D eigenvalue weighted by Gasteiger charge is -2.15. The maximum absolute atomic E-state index is 13.0. The molecule has 1 atom stereocenters. The van der Waals surface area contributed by atoms with Crippen LogP contribution >= 0.6 is 0 Å². The summed E-state index contributed by atoms with van der Waals surface area (Å²) in [6.45, 7) is 1.70. The number of carbonyl (C=O) groups is 1. The van der Waals surface area contributed by atoms with E-state index in [2.05, 4.69) is 0 Å². The lowest BCUT2D eigenvalue weighted by molar-refractivity contribution is -0.384. The third-order valence-electron chi connectivity index (χ3n) is 4.31. The summed E-state index contributed by atoms with van der Waals surface area (Å²) in [6, 6.07) is 19.3. The monoisotopic (exact) mass is 411 g/mol. The zero-order chi connectivity index (χ0) is 21.0. The molecule has 0 spiro atoms. The van der Waals surface area contributed by atoms with Gasteiger partial charge in [-0.1, -0.05) is 42.5 Å². The molecule has 0 amide bonds. The third kappa shape index (κ3) is 4.33. The van der Waals surface area contributed by atoms with Crippen molar-refractivity contribution in [2.45, 2.75) is 22.8 Å². The Kier molecular flexibility index (Phi) is 5.74. The molecule has 0 heterocycles. The molecule has 0 saturated heterocycles. The van der Waals surface area contributed by atoms with Gasteiger partial charge in [0, 0.05) is 12.1 Å². The van der Waals surface area contributed by atoms with Gasteiger partial charge in [0.2, 0.25) is 9.84 Å². The molecule has 148 valence electrons. The number of esters is 1. The Bertz CT molecular complexity index is 1140. The van der Waals surface area contributed by atoms with Gasteiger partial charge in [0.05, 0.1) is 20.3 Å². The molecule has 3 aromatic rings. The van der Waals surface area contributed by atoms with Gasteiger partial charge in [0.15, 0.2) is 0 Å².